The lowest BCUT2D eigenvalue weighted by atomic mass is 9.88. The average Bonchev–Trinajstić information content (AvgIpc) is 1.82. The highest BCUT2D eigenvalue weighted by molar-refractivity contribution is 5.77. The summed E-state index contributed by atoms with van der Waals surface area (Å²) in [4.78, 5) is 0. The van der Waals surface area contributed by atoms with Crippen molar-refractivity contribution in [3.63, 3.8) is 0 Å². The Morgan fingerprint density at radius 1 is 1.23 bits per heavy atom. The molecule has 0 unspecified atom stereocenters. The van der Waals surface area contributed by atoms with E-state index in [1.807, 2.05) is 0 Å². The minimum Gasteiger partial charge on any atom is -0.308 e. The number of allylic oxidation sites excluding steroid dienone is 1. The van der Waals surface area contributed by atoms with Gasteiger partial charge < -0.3 is 10.7 Å². The number of hydrogen-bond acceptors (Lipinski definition) is 2. The second kappa shape index (κ2) is 3.81. The van der Waals surface area contributed by atoms with E-state index in [-0.39, 0.29) is 0 Å². The van der Waals surface area contributed by atoms with Gasteiger partial charge in [-0.25, -0.2) is 0 Å². The summed E-state index contributed by atoms with van der Waals surface area (Å²) in [6.07, 6.45) is -2.70. The largest absolute Gasteiger partial charge is 0.481 e. The molecule has 0 saturated heterocycles. The normalized spacial score (nSPS) is 14.2. The lowest BCUT2D eigenvalue weighted by Gasteiger charge is -2.19. The van der Waals surface area contributed by atoms with Crippen LogP contribution in [-0.4, -0.2) is 12.5 Å². The molecule has 0 spiro atoms. The Morgan fingerprint density at radius 2 is 1.69 bits per heavy atom. The van der Waals surface area contributed by atoms with Gasteiger partial charge in [0.25, 0.3) is 0 Å². The zero-order valence-corrected chi connectivity index (χ0v) is 7.79. The first kappa shape index (κ1) is 12.0. The van der Waals surface area contributed by atoms with Crippen molar-refractivity contribution in [2.45, 2.75) is 27.1 Å². The van der Waals surface area contributed by atoms with E-state index in [9.17, 15) is 13.2 Å². The lowest BCUT2D eigenvalue weighted by Crippen LogP contribution is -2.28. The smallest absolute Gasteiger partial charge is 0.308 e. The van der Waals surface area contributed by atoms with Gasteiger partial charge in [-0.2, -0.15) is 13.2 Å². The Bertz CT molecular complexity index is 210. The van der Waals surface area contributed by atoms with E-state index in [0.717, 1.165) is 12.4 Å². The molecular formula is C8H13F3N2. The van der Waals surface area contributed by atoms with E-state index >= 15 is 0 Å². The van der Waals surface area contributed by atoms with Crippen LogP contribution >= 0.6 is 0 Å². The van der Waals surface area contributed by atoms with Crippen LogP contribution < -0.4 is 5.32 Å². The Kier molecular flexibility index (Phi) is 3.51. The molecule has 0 radical (unpaired) electrons. The summed E-state index contributed by atoms with van der Waals surface area (Å²) in [5.74, 6) is 0. The van der Waals surface area contributed by atoms with Gasteiger partial charge in [0, 0.05) is 12.4 Å². The fourth-order valence-electron chi connectivity index (χ4n) is 0.634. The van der Waals surface area contributed by atoms with Crippen LogP contribution in [0.3, 0.4) is 0 Å². The van der Waals surface area contributed by atoms with Crippen molar-refractivity contribution in [3.8, 4) is 0 Å². The molecule has 2 N–H and O–H groups in total. The topological polar surface area (TPSA) is 35.9 Å². The minimum atomic E-state index is -4.43. The third kappa shape index (κ3) is 5.27. The van der Waals surface area contributed by atoms with E-state index in [0.29, 0.717) is 5.57 Å². The summed E-state index contributed by atoms with van der Waals surface area (Å²) in [5.41, 5.74) is -0.162. The maximum Gasteiger partial charge on any atom is 0.481 e. The van der Waals surface area contributed by atoms with Crippen LogP contribution in [0, 0.1) is 10.8 Å². The van der Waals surface area contributed by atoms with Crippen molar-refractivity contribution in [2.24, 2.45) is 5.41 Å². The molecule has 0 aliphatic rings. The van der Waals surface area contributed by atoms with Gasteiger partial charge in [-0.3, -0.25) is 0 Å². The molecule has 0 bridgehead atoms. The molecule has 0 rings (SSSR count). The van der Waals surface area contributed by atoms with E-state index in [1.165, 1.54) is 5.32 Å². The maximum absolute atomic E-state index is 11.7. The Morgan fingerprint density at radius 3 is 1.92 bits per heavy atom. The van der Waals surface area contributed by atoms with Gasteiger partial charge in [0.1, 0.15) is 0 Å². The van der Waals surface area contributed by atoms with Crippen LogP contribution in [0.15, 0.2) is 11.8 Å². The lowest BCUT2D eigenvalue weighted by molar-refractivity contribution is -0.147. The van der Waals surface area contributed by atoms with Crippen molar-refractivity contribution in [1.82, 2.24) is 5.32 Å². The predicted molar refractivity (Wildman–Crippen MR) is 45.5 cm³/mol. The highest BCUT2D eigenvalue weighted by Gasteiger charge is 2.26. The number of hydrogen-bond donors (Lipinski definition) is 2. The fraction of sp³-hybridized carbons (Fsp3) is 0.625. The number of rotatable bonds is 2. The molecule has 0 aromatic heterocycles. The van der Waals surface area contributed by atoms with E-state index < -0.39 is 11.7 Å². The van der Waals surface area contributed by atoms with Crippen molar-refractivity contribution < 1.29 is 13.2 Å². The minimum absolute atomic E-state index is 0.296. The molecule has 0 fully saturated rings. The molecule has 0 atom stereocenters. The van der Waals surface area contributed by atoms with Gasteiger partial charge in [0.15, 0.2) is 0 Å². The van der Waals surface area contributed by atoms with Crippen LogP contribution in [0.4, 0.5) is 13.2 Å². The molecule has 0 aromatic rings. The van der Waals surface area contributed by atoms with Crippen molar-refractivity contribution in [1.29, 1.82) is 5.41 Å². The predicted octanol–water partition coefficient (Wildman–Crippen LogP) is 2.68. The average molecular weight is 194 g/mol. The molecule has 0 amide bonds. The van der Waals surface area contributed by atoms with Gasteiger partial charge >= 0.3 is 6.30 Å². The molecule has 0 heterocycles. The Balaban J connectivity index is 4.52. The van der Waals surface area contributed by atoms with Crippen LogP contribution in [-0.2, 0) is 0 Å². The highest BCUT2D eigenvalue weighted by Crippen LogP contribution is 2.23. The second-order valence-corrected chi connectivity index (χ2v) is 3.64. The summed E-state index contributed by atoms with van der Waals surface area (Å²) in [7, 11) is 0. The standard InChI is InChI=1S/C8H13F3N2/c1-7(2,3)6(4-12)5-13-8(9,10)11/h4-5,12-13H,1-3H3/b6-5+,12-4?. The van der Waals surface area contributed by atoms with Crippen molar-refractivity contribution >= 4 is 6.21 Å². The summed E-state index contributed by atoms with van der Waals surface area (Å²) in [5, 5.41) is 8.19. The molecule has 0 saturated carbocycles. The van der Waals surface area contributed by atoms with E-state index in [2.05, 4.69) is 0 Å². The Hall–Kier alpha value is -1.00. The number of alkyl halides is 3. The maximum atomic E-state index is 11.7. The summed E-state index contributed by atoms with van der Waals surface area (Å²) < 4.78 is 35.1. The molecule has 76 valence electrons. The van der Waals surface area contributed by atoms with E-state index in [4.69, 9.17) is 5.41 Å². The van der Waals surface area contributed by atoms with Crippen molar-refractivity contribution in [3.05, 3.63) is 11.8 Å². The Labute approximate surface area is 75.3 Å². The fourth-order valence-corrected chi connectivity index (χ4v) is 0.634. The molecule has 5 heteroatoms. The van der Waals surface area contributed by atoms with Gasteiger partial charge in [-0.05, 0) is 11.0 Å². The first-order valence-corrected chi connectivity index (χ1v) is 3.72. The molecule has 0 aliphatic heterocycles. The zero-order valence-electron chi connectivity index (χ0n) is 7.79. The van der Waals surface area contributed by atoms with Crippen LogP contribution in [0.25, 0.3) is 0 Å². The van der Waals surface area contributed by atoms with Gasteiger partial charge in [0.2, 0.25) is 0 Å². The monoisotopic (exact) mass is 194 g/mol. The summed E-state index contributed by atoms with van der Waals surface area (Å²) in [6.45, 7) is 5.21. The molecule has 2 nitrogen and oxygen atoms in total. The SMILES string of the molecule is CC(C)(C)/C(C=N)=C/NC(F)(F)F. The molecule has 13 heavy (non-hydrogen) atoms. The molecule has 0 aromatic carbocycles. The number of nitrogens with one attached hydrogen (secondary N) is 2. The quantitative estimate of drug-likeness (QED) is 0.514. The third-order valence-electron chi connectivity index (χ3n) is 1.41. The summed E-state index contributed by atoms with van der Waals surface area (Å²) in [6, 6.07) is 0. The van der Waals surface area contributed by atoms with Gasteiger partial charge in [-0.15, -0.1) is 0 Å². The summed E-state index contributed by atoms with van der Waals surface area (Å²) >= 11 is 0. The third-order valence-corrected chi connectivity index (χ3v) is 1.41. The van der Waals surface area contributed by atoms with Crippen LogP contribution in [0.2, 0.25) is 0 Å². The molecule has 0 aliphatic carbocycles. The van der Waals surface area contributed by atoms with E-state index in [1.54, 1.807) is 20.8 Å². The number of halogens is 3. The van der Waals surface area contributed by atoms with Crippen LogP contribution in [0.1, 0.15) is 20.8 Å². The van der Waals surface area contributed by atoms with Gasteiger partial charge in [0.05, 0.1) is 0 Å². The second-order valence-electron chi connectivity index (χ2n) is 3.64. The zero-order chi connectivity index (χ0) is 10.7. The highest BCUT2D eigenvalue weighted by atomic mass is 19.4. The first-order valence-electron chi connectivity index (χ1n) is 3.72. The van der Waals surface area contributed by atoms with Crippen molar-refractivity contribution in [2.75, 3.05) is 0 Å². The van der Waals surface area contributed by atoms with Gasteiger partial charge in [-0.1, -0.05) is 20.8 Å². The van der Waals surface area contributed by atoms with Crippen LogP contribution in [0.5, 0.6) is 0 Å². The first-order chi connectivity index (χ1) is 5.67. The molecular weight excluding hydrogens is 181 g/mol.